The standard InChI is InChI=1S/C15H11ClN2O/c16-14-8-2-1-5-12(14)6-4-10-18-15(19)13-7-3-9-17-11-13/h1-3,5,7-9,11H,10H2,(H,18,19). The van der Waals surface area contributed by atoms with E-state index in [0.29, 0.717) is 10.6 Å². The number of carbonyl (C=O) groups is 1. The highest BCUT2D eigenvalue weighted by Gasteiger charge is 2.02. The Balaban J connectivity index is 1.92. The highest BCUT2D eigenvalue weighted by atomic mass is 35.5. The van der Waals surface area contributed by atoms with Crippen LogP contribution in [0, 0.1) is 11.8 Å². The van der Waals surface area contributed by atoms with Gasteiger partial charge in [-0.25, -0.2) is 0 Å². The molecule has 0 unspecified atom stereocenters. The quantitative estimate of drug-likeness (QED) is 0.852. The van der Waals surface area contributed by atoms with Crippen molar-refractivity contribution >= 4 is 17.5 Å². The van der Waals surface area contributed by atoms with Crippen molar-refractivity contribution < 1.29 is 4.79 Å². The van der Waals surface area contributed by atoms with Crippen LogP contribution in [0.1, 0.15) is 15.9 Å². The largest absolute Gasteiger partial charge is 0.341 e. The molecule has 1 N–H and O–H groups in total. The Morgan fingerprint density at radius 3 is 2.84 bits per heavy atom. The van der Waals surface area contributed by atoms with E-state index in [1.54, 1.807) is 24.4 Å². The molecule has 1 heterocycles. The second-order valence-corrected chi connectivity index (χ2v) is 4.11. The fraction of sp³-hybridized carbons (Fsp3) is 0.0667. The van der Waals surface area contributed by atoms with Crippen LogP contribution in [0.4, 0.5) is 0 Å². The molecule has 1 amide bonds. The molecule has 0 spiro atoms. The summed E-state index contributed by atoms with van der Waals surface area (Å²) in [4.78, 5) is 15.6. The number of nitrogens with one attached hydrogen (secondary N) is 1. The number of amides is 1. The van der Waals surface area contributed by atoms with Gasteiger partial charge in [-0.3, -0.25) is 9.78 Å². The molecule has 0 bridgehead atoms. The van der Waals surface area contributed by atoms with Crippen molar-refractivity contribution in [3.05, 3.63) is 64.9 Å². The molecule has 0 radical (unpaired) electrons. The Labute approximate surface area is 116 Å². The lowest BCUT2D eigenvalue weighted by Crippen LogP contribution is -2.23. The molecular weight excluding hydrogens is 260 g/mol. The zero-order valence-corrected chi connectivity index (χ0v) is 10.8. The first-order valence-corrected chi connectivity index (χ1v) is 6.07. The van der Waals surface area contributed by atoms with Gasteiger partial charge in [-0.05, 0) is 24.3 Å². The molecule has 3 nitrogen and oxygen atoms in total. The highest BCUT2D eigenvalue weighted by Crippen LogP contribution is 2.12. The Kier molecular flexibility index (Phi) is 4.54. The van der Waals surface area contributed by atoms with E-state index < -0.39 is 0 Å². The summed E-state index contributed by atoms with van der Waals surface area (Å²) in [5.74, 6) is 5.57. The SMILES string of the molecule is O=C(NCC#Cc1ccccc1Cl)c1cccnc1. The van der Waals surface area contributed by atoms with Crippen molar-refractivity contribution in [3.8, 4) is 11.8 Å². The maximum absolute atomic E-state index is 11.7. The van der Waals surface area contributed by atoms with E-state index in [-0.39, 0.29) is 12.5 Å². The van der Waals surface area contributed by atoms with E-state index in [2.05, 4.69) is 22.1 Å². The van der Waals surface area contributed by atoms with Gasteiger partial charge in [-0.15, -0.1) is 0 Å². The van der Waals surface area contributed by atoms with Crippen molar-refractivity contribution in [2.45, 2.75) is 0 Å². The fourth-order valence-electron chi connectivity index (χ4n) is 1.43. The Bertz CT molecular complexity index is 629. The smallest absolute Gasteiger partial charge is 0.253 e. The average Bonchev–Trinajstić information content (AvgIpc) is 2.46. The van der Waals surface area contributed by atoms with Crippen LogP contribution in [0.3, 0.4) is 0 Å². The van der Waals surface area contributed by atoms with Crippen molar-refractivity contribution in [3.63, 3.8) is 0 Å². The van der Waals surface area contributed by atoms with E-state index in [9.17, 15) is 4.79 Å². The minimum atomic E-state index is -0.193. The first kappa shape index (κ1) is 13.1. The molecule has 4 heteroatoms. The molecule has 94 valence electrons. The van der Waals surface area contributed by atoms with E-state index >= 15 is 0 Å². The van der Waals surface area contributed by atoms with E-state index in [1.807, 2.05) is 18.2 Å². The van der Waals surface area contributed by atoms with Gasteiger partial charge in [-0.1, -0.05) is 35.6 Å². The second-order valence-electron chi connectivity index (χ2n) is 3.71. The van der Waals surface area contributed by atoms with E-state index in [0.717, 1.165) is 5.56 Å². The normalized spacial score (nSPS) is 9.32. The molecule has 19 heavy (non-hydrogen) atoms. The molecule has 0 aliphatic carbocycles. The third kappa shape index (κ3) is 3.84. The van der Waals surface area contributed by atoms with Crippen molar-refractivity contribution in [2.24, 2.45) is 0 Å². The number of hydrogen-bond donors (Lipinski definition) is 1. The predicted molar refractivity (Wildman–Crippen MR) is 74.9 cm³/mol. The van der Waals surface area contributed by atoms with Crippen molar-refractivity contribution in [1.29, 1.82) is 0 Å². The third-order valence-corrected chi connectivity index (χ3v) is 2.69. The van der Waals surface area contributed by atoms with Gasteiger partial charge in [0.25, 0.3) is 5.91 Å². The van der Waals surface area contributed by atoms with E-state index in [1.165, 1.54) is 6.20 Å². The Morgan fingerprint density at radius 2 is 2.11 bits per heavy atom. The van der Waals surface area contributed by atoms with Crippen LogP contribution in [0.15, 0.2) is 48.8 Å². The van der Waals surface area contributed by atoms with Crippen LogP contribution in [-0.4, -0.2) is 17.4 Å². The van der Waals surface area contributed by atoms with Crippen LogP contribution in [0.5, 0.6) is 0 Å². The number of halogens is 1. The zero-order chi connectivity index (χ0) is 13.5. The molecular formula is C15H11ClN2O. The second kappa shape index (κ2) is 6.58. The highest BCUT2D eigenvalue weighted by molar-refractivity contribution is 6.31. The lowest BCUT2D eigenvalue weighted by atomic mass is 10.2. The third-order valence-electron chi connectivity index (χ3n) is 2.36. The summed E-state index contributed by atoms with van der Waals surface area (Å²) in [6.07, 6.45) is 3.13. The first-order chi connectivity index (χ1) is 9.27. The minimum Gasteiger partial charge on any atom is -0.341 e. The lowest BCUT2D eigenvalue weighted by molar-refractivity contribution is 0.0958. The van der Waals surface area contributed by atoms with Gasteiger partial charge >= 0.3 is 0 Å². The molecule has 1 aromatic heterocycles. The van der Waals surface area contributed by atoms with Gasteiger partial charge in [-0.2, -0.15) is 0 Å². The van der Waals surface area contributed by atoms with Gasteiger partial charge < -0.3 is 5.32 Å². The zero-order valence-electron chi connectivity index (χ0n) is 10.1. The maximum atomic E-state index is 11.7. The predicted octanol–water partition coefficient (Wildman–Crippen LogP) is 2.52. The molecule has 0 saturated heterocycles. The molecule has 0 saturated carbocycles. The van der Waals surface area contributed by atoms with Crippen LogP contribution in [-0.2, 0) is 0 Å². The van der Waals surface area contributed by atoms with Gasteiger partial charge in [0.1, 0.15) is 0 Å². The van der Waals surface area contributed by atoms with Crippen LogP contribution < -0.4 is 5.32 Å². The Hall–Kier alpha value is -2.31. The molecule has 1 aromatic carbocycles. The first-order valence-electron chi connectivity index (χ1n) is 5.69. The minimum absolute atomic E-state index is 0.193. The molecule has 0 atom stereocenters. The lowest BCUT2D eigenvalue weighted by Gasteiger charge is -1.99. The molecule has 0 aliphatic rings. The summed E-state index contributed by atoms with van der Waals surface area (Å²) < 4.78 is 0. The van der Waals surface area contributed by atoms with Crippen molar-refractivity contribution in [2.75, 3.05) is 6.54 Å². The summed E-state index contributed by atoms with van der Waals surface area (Å²) in [5.41, 5.74) is 1.27. The number of pyridine rings is 1. The summed E-state index contributed by atoms with van der Waals surface area (Å²) in [6.45, 7) is 0.263. The monoisotopic (exact) mass is 270 g/mol. The Morgan fingerprint density at radius 1 is 1.26 bits per heavy atom. The number of rotatable bonds is 2. The number of hydrogen-bond acceptors (Lipinski definition) is 2. The van der Waals surface area contributed by atoms with Crippen LogP contribution >= 0.6 is 11.6 Å². The van der Waals surface area contributed by atoms with Crippen LogP contribution in [0.25, 0.3) is 0 Å². The number of nitrogens with zero attached hydrogens (tertiary/aromatic N) is 1. The molecule has 0 fully saturated rings. The number of aromatic nitrogens is 1. The summed E-state index contributed by atoms with van der Waals surface area (Å²) in [6, 6.07) is 10.7. The molecule has 2 rings (SSSR count). The van der Waals surface area contributed by atoms with Gasteiger partial charge in [0, 0.05) is 18.0 Å². The fourth-order valence-corrected chi connectivity index (χ4v) is 1.61. The van der Waals surface area contributed by atoms with Gasteiger partial charge in [0.15, 0.2) is 0 Å². The summed E-state index contributed by atoms with van der Waals surface area (Å²) in [5, 5.41) is 3.30. The molecule has 2 aromatic rings. The van der Waals surface area contributed by atoms with E-state index in [4.69, 9.17) is 11.6 Å². The van der Waals surface area contributed by atoms with Gasteiger partial charge in [0.05, 0.1) is 17.1 Å². The number of benzene rings is 1. The topological polar surface area (TPSA) is 42.0 Å². The van der Waals surface area contributed by atoms with Crippen LogP contribution in [0.2, 0.25) is 5.02 Å². The van der Waals surface area contributed by atoms with Crippen molar-refractivity contribution in [1.82, 2.24) is 10.3 Å². The number of carbonyl (C=O) groups excluding carboxylic acids is 1. The average molecular weight is 271 g/mol. The summed E-state index contributed by atoms with van der Waals surface area (Å²) >= 11 is 5.96. The summed E-state index contributed by atoms with van der Waals surface area (Å²) in [7, 11) is 0. The maximum Gasteiger partial charge on any atom is 0.253 e. The van der Waals surface area contributed by atoms with Gasteiger partial charge in [0.2, 0.25) is 0 Å². The molecule has 0 aliphatic heterocycles.